The molecule has 18 heavy (non-hydrogen) atoms. The van der Waals surface area contributed by atoms with Crippen LogP contribution in [0.25, 0.3) is 0 Å². The highest BCUT2D eigenvalue weighted by atomic mass is 16.4. The Morgan fingerprint density at radius 2 is 1.89 bits per heavy atom. The Labute approximate surface area is 109 Å². The normalized spacial score (nSPS) is 17.6. The monoisotopic (exact) mass is 246 g/mol. The zero-order valence-electron chi connectivity index (χ0n) is 11.7. The van der Waals surface area contributed by atoms with Crippen molar-refractivity contribution in [2.75, 3.05) is 0 Å². The van der Waals surface area contributed by atoms with E-state index in [-0.39, 0.29) is 0 Å². The molecule has 0 aliphatic heterocycles. The molecule has 0 atom stereocenters. The molecular formula is C16H22O2. The van der Waals surface area contributed by atoms with Crippen LogP contribution in [0.3, 0.4) is 0 Å². The molecule has 1 rings (SSSR count). The lowest BCUT2D eigenvalue weighted by atomic mass is 9.88. The molecule has 0 saturated carbocycles. The van der Waals surface area contributed by atoms with Crippen molar-refractivity contribution in [1.82, 2.24) is 0 Å². The maximum absolute atomic E-state index is 10.7. The second kappa shape index (κ2) is 6.39. The predicted molar refractivity (Wildman–Crippen MR) is 75.4 cm³/mol. The van der Waals surface area contributed by atoms with Crippen LogP contribution < -0.4 is 0 Å². The SMILES string of the molecule is C/C(=C\C=C(/C)C1=CC=C(C(C)C)CC1)C(=O)O. The van der Waals surface area contributed by atoms with Crippen LogP contribution in [0.2, 0.25) is 0 Å². The molecule has 2 nitrogen and oxygen atoms in total. The quantitative estimate of drug-likeness (QED) is 0.594. The molecule has 0 saturated heterocycles. The molecule has 0 radical (unpaired) electrons. The van der Waals surface area contributed by atoms with Gasteiger partial charge in [-0.3, -0.25) is 0 Å². The fourth-order valence-corrected chi connectivity index (χ4v) is 1.89. The minimum Gasteiger partial charge on any atom is -0.478 e. The smallest absolute Gasteiger partial charge is 0.331 e. The zero-order valence-corrected chi connectivity index (χ0v) is 11.7. The van der Waals surface area contributed by atoms with Crippen LogP contribution in [0.4, 0.5) is 0 Å². The molecule has 2 heteroatoms. The number of carbonyl (C=O) groups is 1. The van der Waals surface area contributed by atoms with Crippen molar-refractivity contribution in [3.05, 3.63) is 46.6 Å². The summed E-state index contributed by atoms with van der Waals surface area (Å²) in [7, 11) is 0. The van der Waals surface area contributed by atoms with Crippen LogP contribution >= 0.6 is 0 Å². The summed E-state index contributed by atoms with van der Waals surface area (Å²) < 4.78 is 0. The van der Waals surface area contributed by atoms with Gasteiger partial charge in [0, 0.05) is 5.57 Å². The van der Waals surface area contributed by atoms with E-state index in [2.05, 4.69) is 26.0 Å². The van der Waals surface area contributed by atoms with Gasteiger partial charge >= 0.3 is 5.97 Å². The van der Waals surface area contributed by atoms with Crippen molar-refractivity contribution in [2.45, 2.75) is 40.5 Å². The maximum Gasteiger partial charge on any atom is 0.331 e. The van der Waals surface area contributed by atoms with E-state index in [1.807, 2.05) is 13.0 Å². The fourth-order valence-electron chi connectivity index (χ4n) is 1.89. The number of rotatable bonds is 4. The first-order chi connectivity index (χ1) is 8.41. The van der Waals surface area contributed by atoms with Crippen molar-refractivity contribution in [3.63, 3.8) is 0 Å². The molecule has 1 aliphatic carbocycles. The summed E-state index contributed by atoms with van der Waals surface area (Å²) in [4.78, 5) is 10.7. The average Bonchev–Trinajstić information content (AvgIpc) is 2.35. The second-order valence-electron chi connectivity index (χ2n) is 5.09. The third-order valence-electron chi connectivity index (χ3n) is 3.35. The van der Waals surface area contributed by atoms with Gasteiger partial charge in [0.1, 0.15) is 0 Å². The summed E-state index contributed by atoms with van der Waals surface area (Å²) in [6, 6.07) is 0. The lowest BCUT2D eigenvalue weighted by Crippen LogP contribution is -2.00. The minimum absolute atomic E-state index is 0.365. The van der Waals surface area contributed by atoms with Crippen LogP contribution in [0.5, 0.6) is 0 Å². The summed E-state index contributed by atoms with van der Waals surface area (Å²) in [6.45, 7) is 8.07. The van der Waals surface area contributed by atoms with E-state index in [4.69, 9.17) is 5.11 Å². The molecule has 1 aliphatic rings. The van der Waals surface area contributed by atoms with Crippen molar-refractivity contribution in [2.24, 2.45) is 5.92 Å². The molecule has 0 amide bonds. The van der Waals surface area contributed by atoms with E-state index in [0.717, 1.165) is 18.4 Å². The molecule has 0 heterocycles. The summed E-state index contributed by atoms with van der Waals surface area (Å²) in [5.74, 6) is -0.250. The van der Waals surface area contributed by atoms with Crippen molar-refractivity contribution in [3.8, 4) is 0 Å². The van der Waals surface area contributed by atoms with Crippen LogP contribution in [0, 0.1) is 5.92 Å². The van der Waals surface area contributed by atoms with E-state index in [0.29, 0.717) is 11.5 Å². The Kier molecular flexibility index (Phi) is 5.14. The topological polar surface area (TPSA) is 37.3 Å². The van der Waals surface area contributed by atoms with Gasteiger partial charge in [-0.05, 0) is 43.8 Å². The summed E-state index contributed by atoms with van der Waals surface area (Å²) in [5, 5.41) is 8.78. The molecule has 0 aromatic heterocycles. The van der Waals surface area contributed by atoms with E-state index in [1.165, 1.54) is 11.1 Å². The lowest BCUT2D eigenvalue weighted by Gasteiger charge is -2.17. The molecular weight excluding hydrogens is 224 g/mol. The van der Waals surface area contributed by atoms with Crippen molar-refractivity contribution in [1.29, 1.82) is 0 Å². The largest absolute Gasteiger partial charge is 0.478 e. The summed E-state index contributed by atoms with van der Waals surface area (Å²) in [5.41, 5.74) is 4.30. The Balaban J connectivity index is 2.81. The highest BCUT2D eigenvalue weighted by molar-refractivity contribution is 5.86. The highest BCUT2D eigenvalue weighted by Crippen LogP contribution is 2.27. The van der Waals surface area contributed by atoms with E-state index >= 15 is 0 Å². The van der Waals surface area contributed by atoms with Gasteiger partial charge in [-0.25, -0.2) is 4.79 Å². The molecule has 0 fully saturated rings. The maximum atomic E-state index is 10.7. The average molecular weight is 246 g/mol. The molecule has 0 spiro atoms. The number of hydrogen-bond donors (Lipinski definition) is 1. The first-order valence-corrected chi connectivity index (χ1v) is 6.40. The van der Waals surface area contributed by atoms with Crippen LogP contribution in [0.1, 0.15) is 40.5 Å². The van der Waals surface area contributed by atoms with E-state index < -0.39 is 5.97 Å². The molecule has 0 unspecified atom stereocenters. The van der Waals surface area contributed by atoms with Crippen LogP contribution in [-0.2, 0) is 4.79 Å². The van der Waals surface area contributed by atoms with Gasteiger partial charge in [0.05, 0.1) is 0 Å². The van der Waals surface area contributed by atoms with Gasteiger partial charge in [0.25, 0.3) is 0 Å². The van der Waals surface area contributed by atoms with Crippen LogP contribution in [0.15, 0.2) is 46.6 Å². The molecule has 0 aromatic carbocycles. The molecule has 0 bridgehead atoms. The zero-order chi connectivity index (χ0) is 13.7. The summed E-state index contributed by atoms with van der Waals surface area (Å²) in [6.07, 6.45) is 10.1. The minimum atomic E-state index is -0.862. The van der Waals surface area contributed by atoms with Gasteiger partial charge in [0.15, 0.2) is 0 Å². The fraction of sp³-hybridized carbons (Fsp3) is 0.438. The first-order valence-electron chi connectivity index (χ1n) is 6.40. The Morgan fingerprint density at radius 3 is 2.33 bits per heavy atom. The Hall–Kier alpha value is -1.57. The van der Waals surface area contributed by atoms with Gasteiger partial charge in [-0.1, -0.05) is 43.7 Å². The molecule has 0 aromatic rings. The Bertz CT molecular complexity index is 446. The van der Waals surface area contributed by atoms with Gasteiger partial charge in [-0.2, -0.15) is 0 Å². The van der Waals surface area contributed by atoms with E-state index in [1.54, 1.807) is 13.0 Å². The van der Waals surface area contributed by atoms with E-state index in [9.17, 15) is 4.79 Å². The third kappa shape index (κ3) is 4.02. The van der Waals surface area contributed by atoms with Gasteiger partial charge < -0.3 is 5.11 Å². The highest BCUT2D eigenvalue weighted by Gasteiger charge is 2.10. The number of carboxylic acid groups (broad SMARTS) is 1. The lowest BCUT2D eigenvalue weighted by molar-refractivity contribution is -0.132. The number of carboxylic acids is 1. The van der Waals surface area contributed by atoms with Gasteiger partial charge in [-0.15, -0.1) is 0 Å². The van der Waals surface area contributed by atoms with Crippen LogP contribution in [-0.4, -0.2) is 11.1 Å². The molecule has 1 N–H and O–H groups in total. The number of hydrogen-bond acceptors (Lipinski definition) is 1. The first kappa shape index (κ1) is 14.5. The number of aliphatic carboxylic acids is 1. The number of allylic oxidation sites excluding steroid dienone is 7. The molecule has 98 valence electrons. The van der Waals surface area contributed by atoms with Crippen molar-refractivity contribution < 1.29 is 9.90 Å². The standard InChI is InChI=1S/C16H22O2/c1-11(2)14-7-9-15(10-8-14)12(3)5-6-13(4)16(17)18/h5-7,9,11H,8,10H2,1-4H3,(H,17,18)/b12-5+,13-6+. The third-order valence-corrected chi connectivity index (χ3v) is 3.35. The Morgan fingerprint density at radius 1 is 1.22 bits per heavy atom. The second-order valence-corrected chi connectivity index (χ2v) is 5.09. The van der Waals surface area contributed by atoms with Gasteiger partial charge in [0.2, 0.25) is 0 Å². The summed E-state index contributed by atoms with van der Waals surface area (Å²) >= 11 is 0. The van der Waals surface area contributed by atoms with Crippen molar-refractivity contribution >= 4 is 5.97 Å². The predicted octanol–water partition coefficient (Wildman–Crippen LogP) is 4.27.